The second-order valence-electron chi connectivity index (χ2n) is 5.26. The molecule has 0 saturated carbocycles. The smallest absolute Gasteiger partial charge is 0.337 e. The standard InChI is InChI=1S/C14H20BrNO3/c1-14(2,6-7-19-3)9-16-12-5-4-10(15)8-11(12)13(17)18/h4-5,8,16H,6-7,9H2,1-3H3,(H,17,18). The molecule has 0 atom stereocenters. The lowest BCUT2D eigenvalue weighted by atomic mass is 9.89. The van der Waals surface area contributed by atoms with Gasteiger partial charge in [0.1, 0.15) is 0 Å². The number of carboxylic acids is 1. The van der Waals surface area contributed by atoms with Gasteiger partial charge in [0.05, 0.1) is 5.56 Å². The van der Waals surface area contributed by atoms with Gasteiger partial charge in [0.25, 0.3) is 0 Å². The van der Waals surface area contributed by atoms with Crippen molar-refractivity contribution in [2.45, 2.75) is 20.3 Å². The van der Waals surface area contributed by atoms with E-state index < -0.39 is 5.97 Å². The predicted molar refractivity (Wildman–Crippen MR) is 79.9 cm³/mol. The van der Waals surface area contributed by atoms with Crippen molar-refractivity contribution < 1.29 is 14.6 Å². The molecule has 0 aliphatic carbocycles. The van der Waals surface area contributed by atoms with Gasteiger partial charge in [0.2, 0.25) is 0 Å². The summed E-state index contributed by atoms with van der Waals surface area (Å²) in [4.78, 5) is 11.2. The van der Waals surface area contributed by atoms with Crippen LogP contribution in [0.1, 0.15) is 30.6 Å². The molecule has 1 aromatic rings. The molecule has 5 heteroatoms. The molecule has 0 aliphatic heterocycles. The summed E-state index contributed by atoms with van der Waals surface area (Å²) in [6.45, 7) is 5.63. The number of aromatic carboxylic acids is 1. The molecule has 0 aliphatic rings. The quantitative estimate of drug-likeness (QED) is 0.802. The summed E-state index contributed by atoms with van der Waals surface area (Å²) in [5.74, 6) is -0.932. The van der Waals surface area contributed by atoms with Crippen molar-refractivity contribution >= 4 is 27.6 Å². The minimum atomic E-state index is -0.932. The lowest BCUT2D eigenvalue weighted by molar-refractivity contribution is 0.0697. The molecule has 106 valence electrons. The number of benzene rings is 1. The van der Waals surface area contributed by atoms with Gasteiger partial charge >= 0.3 is 5.97 Å². The number of hydrogen-bond acceptors (Lipinski definition) is 3. The van der Waals surface area contributed by atoms with E-state index in [2.05, 4.69) is 35.1 Å². The molecular formula is C14H20BrNO3. The van der Waals surface area contributed by atoms with Crippen molar-refractivity contribution in [1.29, 1.82) is 0 Å². The van der Waals surface area contributed by atoms with Crippen LogP contribution >= 0.6 is 15.9 Å². The van der Waals surface area contributed by atoms with Crippen LogP contribution in [0, 0.1) is 5.41 Å². The van der Waals surface area contributed by atoms with Gasteiger partial charge in [-0.3, -0.25) is 0 Å². The van der Waals surface area contributed by atoms with Crippen LogP contribution in [0.2, 0.25) is 0 Å². The van der Waals surface area contributed by atoms with Gasteiger partial charge in [0, 0.05) is 30.4 Å². The Morgan fingerprint density at radius 1 is 1.47 bits per heavy atom. The second kappa shape index (κ2) is 6.91. The second-order valence-corrected chi connectivity index (χ2v) is 6.17. The van der Waals surface area contributed by atoms with Crippen LogP contribution in [-0.2, 0) is 4.74 Å². The molecule has 4 nitrogen and oxygen atoms in total. The molecule has 0 radical (unpaired) electrons. The van der Waals surface area contributed by atoms with Gasteiger partial charge < -0.3 is 15.2 Å². The highest BCUT2D eigenvalue weighted by Gasteiger charge is 2.19. The van der Waals surface area contributed by atoms with Crippen molar-refractivity contribution in [2.75, 3.05) is 25.6 Å². The number of hydrogen-bond donors (Lipinski definition) is 2. The first-order valence-corrected chi connectivity index (χ1v) is 6.91. The van der Waals surface area contributed by atoms with Gasteiger partial charge in [0.15, 0.2) is 0 Å². The fourth-order valence-electron chi connectivity index (χ4n) is 1.65. The lowest BCUT2D eigenvalue weighted by Gasteiger charge is -2.25. The minimum absolute atomic E-state index is 0.0405. The zero-order valence-corrected chi connectivity index (χ0v) is 13.1. The monoisotopic (exact) mass is 329 g/mol. The third-order valence-electron chi connectivity index (χ3n) is 2.95. The summed E-state index contributed by atoms with van der Waals surface area (Å²) in [5, 5.41) is 12.4. The molecule has 0 unspecified atom stereocenters. The summed E-state index contributed by atoms with van der Waals surface area (Å²) in [5.41, 5.74) is 0.955. The first-order chi connectivity index (χ1) is 8.85. The predicted octanol–water partition coefficient (Wildman–Crippen LogP) is 3.62. The van der Waals surface area contributed by atoms with E-state index in [0.717, 1.165) is 10.9 Å². The maximum Gasteiger partial charge on any atom is 0.337 e. The van der Waals surface area contributed by atoms with Crippen molar-refractivity contribution in [3.63, 3.8) is 0 Å². The fraction of sp³-hybridized carbons (Fsp3) is 0.500. The van der Waals surface area contributed by atoms with Gasteiger partial charge in [-0.1, -0.05) is 29.8 Å². The highest BCUT2D eigenvalue weighted by Crippen LogP contribution is 2.25. The Morgan fingerprint density at radius 3 is 2.74 bits per heavy atom. The molecule has 0 saturated heterocycles. The van der Waals surface area contributed by atoms with E-state index in [0.29, 0.717) is 18.8 Å². The van der Waals surface area contributed by atoms with Crippen LogP contribution < -0.4 is 5.32 Å². The summed E-state index contributed by atoms with van der Waals surface area (Å²) in [6, 6.07) is 5.21. The van der Waals surface area contributed by atoms with Gasteiger partial charge in [-0.15, -0.1) is 0 Å². The Kier molecular flexibility index (Phi) is 5.82. The molecule has 0 aromatic heterocycles. The highest BCUT2D eigenvalue weighted by atomic mass is 79.9. The van der Waals surface area contributed by atoms with Crippen LogP contribution in [0.4, 0.5) is 5.69 Å². The molecule has 0 heterocycles. The number of halogens is 1. The normalized spacial score (nSPS) is 11.4. The van der Waals surface area contributed by atoms with Gasteiger partial charge in [-0.25, -0.2) is 4.79 Å². The summed E-state index contributed by atoms with van der Waals surface area (Å²) < 4.78 is 5.84. The Balaban J connectivity index is 2.75. The average molecular weight is 330 g/mol. The maximum atomic E-state index is 11.2. The van der Waals surface area contributed by atoms with Crippen molar-refractivity contribution in [3.05, 3.63) is 28.2 Å². The molecule has 1 rings (SSSR count). The first kappa shape index (κ1) is 16.0. The zero-order chi connectivity index (χ0) is 14.5. The van der Waals surface area contributed by atoms with Crippen molar-refractivity contribution in [2.24, 2.45) is 5.41 Å². The topological polar surface area (TPSA) is 58.6 Å². The van der Waals surface area contributed by atoms with E-state index in [1.165, 1.54) is 0 Å². The molecule has 19 heavy (non-hydrogen) atoms. The molecule has 2 N–H and O–H groups in total. The highest BCUT2D eigenvalue weighted by molar-refractivity contribution is 9.10. The van der Waals surface area contributed by atoms with Crippen LogP contribution in [0.15, 0.2) is 22.7 Å². The number of ether oxygens (including phenoxy) is 1. The van der Waals surface area contributed by atoms with E-state index in [9.17, 15) is 9.90 Å². The molecule has 1 aromatic carbocycles. The van der Waals surface area contributed by atoms with E-state index in [1.54, 1.807) is 19.2 Å². The summed E-state index contributed by atoms with van der Waals surface area (Å²) in [6.07, 6.45) is 0.912. The third-order valence-corrected chi connectivity index (χ3v) is 3.45. The summed E-state index contributed by atoms with van der Waals surface area (Å²) in [7, 11) is 1.68. The number of carboxylic acid groups (broad SMARTS) is 1. The number of rotatable bonds is 7. The molecule has 0 bridgehead atoms. The number of carbonyl (C=O) groups is 1. The Bertz CT molecular complexity index is 446. The van der Waals surface area contributed by atoms with Crippen molar-refractivity contribution in [3.8, 4) is 0 Å². The largest absolute Gasteiger partial charge is 0.478 e. The third kappa shape index (κ3) is 5.20. The minimum Gasteiger partial charge on any atom is -0.478 e. The number of nitrogens with one attached hydrogen (secondary N) is 1. The van der Waals surface area contributed by atoms with Gasteiger partial charge in [-0.2, -0.15) is 0 Å². The zero-order valence-electron chi connectivity index (χ0n) is 11.5. The lowest BCUT2D eigenvalue weighted by Crippen LogP contribution is -2.25. The first-order valence-electron chi connectivity index (χ1n) is 6.11. The van der Waals surface area contributed by atoms with E-state index in [-0.39, 0.29) is 11.0 Å². The fourth-order valence-corrected chi connectivity index (χ4v) is 2.01. The van der Waals surface area contributed by atoms with Crippen LogP contribution in [0.3, 0.4) is 0 Å². The Morgan fingerprint density at radius 2 is 2.16 bits per heavy atom. The molecule has 0 fully saturated rings. The Hall–Kier alpha value is -1.07. The van der Waals surface area contributed by atoms with Crippen LogP contribution in [0.25, 0.3) is 0 Å². The van der Waals surface area contributed by atoms with Crippen molar-refractivity contribution in [1.82, 2.24) is 0 Å². The number of anilines is 1. The summed E-state index contributed by atoms with van der Waals surface area (Å²) >= 11 is 3.28. The van der Waals surface area contributed by atoms with Gasteiger partial charge in [-0.05, 0) is 30.0 Å². The average Bonchev–Trinajstić information content (AvgIpc) is 2.35. The van der Waals surface area contributed by atoms with Crippen LogP contribution in [0.5, 0.6) is 0 Å². The van der Waals surface area contributed by atoms with E-state index in [4.69, 9.17) is 4.74 Å². The maximum absolute atomic E-state index is 11.2. The Labute approximate surface area is 122 Å². The number of methoxy groups -OCH3 is 1. The van der Waals surface area contributed by atoms with E-state index >= 15 is 0 Å². The van der Waals surface area contributed by atoms with Crippen LogP contribution in [-0.4, -0.2) is 31.3 Å². The van der Waals surface area contributed by atoms with E-state index in [1.807, 2.05) is 6.07 Å². The molecular weight excluding hydrogens is 310 g/mol. The SMILES string of the molecule is COCCC(C)(C)CNc1ccc(Br)cc1C(=O)O. The molecule has 0 spiro atoms. The molecule has 0 amide bonds.